The lowest BCUT2D eigenvalue weighted by atomic mass is 10.2. The molecule has 0 bridgehead atoms. The van der Waals surface area contributed by atoms with Crippen molar-refractivity contribution in [3.05, 3.63) is 24.1 Å². The number of sulfonamides is 1. The molecule has 1 aromatic heterocycles. The summed E-state index contributed by atoms with van der Waals surface area (Å²) in [6.07, 6.45) is 0. The molecule has 2 heterocycles. The van der Waals surface area contributed by atoms with Crippen molar-refractivity contribution in [1.82, 2.24) is 19.3 Å². The lowest BCUT2D eigenvalue weighted by molar-refractivity contribution is 0.222. The molecule has 24 heavy (non-hydrogen) atoms. The van der Waals surface area contributed by atoms with Gasteiger partial charge in [0.05, 0.1) is 17.6 Å². The van der Waals surface area contributed by atoms with E-state index in [2.05, 4.69) is 15.0 Å². The second-order valence-corrected chi connectivity index (χ2v) is 7.64. The number of piperazine rings is 1. The molecule has 2 aromatic rings. The third-order valence-electron chi connectivity index (χ3n) is 4.04. The van der Waals surface area contributed by atoms with Crippen LogP contribution in [0.5, 0.6) is 5.75 Å². The van der Waals surface area contributed by atoms with Crippen molar-refractivity contribution in [2.24, 2.45) is 0 Å². The summed E-state index contributed by atoms with van der Waals surface area (Å²) in [6, 6.07) is 4.70. The van der Waals surface area contributed by atoms with Crippen LogP contribution in [-0.2, 0) is 10.0 Å². The van der Waals surface area contributed by atoms with Crippen molar-refractivity contribution in [3.8, 4) is 17.1 Å². The average molecular weight is 352 g/mol. The van der Waals surface area contributed by atoms with Crippen LogP contribution in [0.1, 0.15) is 5.89 Å². The zero-order valence-electron chi connectivity index (χ0n) is 13.9. The highest BCUT2D eigenvalue weighted by Crippen LogP contribution is 2.31. The molecule has 0 unspecified atom stereocenters. The quantitative estimate of drug-likeness (QED) is 0.810. The smallest absolute Gasteiger partial charge is 0.243 e. The van der Waals surface area contributed by atoms with Crippen LogP contribution in [0.25, 0.3) is 11.4 Å². The zero-order valence-corrected chi connectivity index (χ0v) is 14.7. The minimum atomic E-state index is -3.57. The first-order valence-electron chi connectivity index (χ1n) is 7.59. The number of nitrogens with zero attached hydrogens (tertiary/aromatic N) is 4. The Bertz CT molecular complexity index is 826. The molecule has 130 valence electrons. The van der Waals surface area contributed by atoms with Gasteiger partial charge in [-0.3, -0.25) is 0 Å². The predicted molar refractivity (Wildman–Crippen MR) is 87.3 cm³/mol. The molecule has 1 saturated heterocycles. The summed E-state index contributed by atoms with van der Waals surface area (Å²) in [6.45, 7) is 4.05. The lowest BCUT2D eigenvalue weighted by Crippen LogP contribution is -2.47. The SMILES string of the molecule is COc1ccc(S(=O)(=O)N2CCN(C)CC2)cc1-c1noc(C)n1. The van der Waals surface area contributed by atoms with Gasteiger partial charge in [-0.25, -0.2) is 8.42 Å². The van der Waals surface area contributed by atoms with E-state index in [0.29, 0.717) is 49.2 Å². The summed E-state index contributed by atoms with van der Waals surface area (Å²) in [4.78, 5) is 6.47. The van der Waals surface area contributed by atoms with Crippen molar-refractivity contribution in [1.29, 1.82) is 0 Å². The second kappa shape index (κ2) is 6.50. The molecule has 1 aromatic carbocycles. The van der Waals surface area contributed by atoms with E-state index < -0.39 is 10.0 Å². The van der Waals surface area contributed by atoms with Gasteiger partial charge in [0.15, 0.2) is 0 Å². The lowest BCUT2D eigenvalue weighted by Gasteiger charge is -2.31. The van der Waals surface area contributed by atoms with Crippen molar-refractivity contribution in [2.75, 3.05) is 40.3 Å². The normalized spacial score (nSPS) is 17.1. The molecule has 0 amide bonds. The van der Waals surface area contributed by atoms with E-state index in [1.54, 1.807) is 19.1 Å². The van der Waals surface area contributed by atoms with Crippen molar-refractivity contribution in [2.45, 2.75) is 11.8 Å². The van der Waals surface area contributed by atoms with E-state index in [1.165, 1.54) is 17.5 Å². The van der Waals surface area contributed by atoms with Gasteiger partial charge in [-0.2, -0.15) is 9.29 Å². The summed E-state index contributed by atoms with van der Waals surface area (Å²) in [7, 11) is -0.0747. The molecule has 0 saturated carbocycles. The minimum absolute atomic E-state index is 0.199. The van der Waals surface area contributed by atoms with Crippen LogP contribution in [0.15, 0.2) is 27.6 Å². The van der Waals surface area contributed by atoms with Crippen LogP contribution in [0, 0.1) is 6.92 Å². The molecular weight excluding hydrogens is 332 g/mol. The highest BCUT2D eigenvalue weighted by Gasteiger charge is 2.28. The van der Waals surface area contributed by atoms with Gasteiger partial charge in [0.2, 0.25) is 21.7 Å². The largest absolute Gasteiger partial charge is 0.496 e. The Balaban J connectivity index is 1.99. The van der Waals surface area contributed by atoms with E-state index in [-0.39, 0.29) is 4.90 Å². The topological polar surface area (TPSA) is 88.8 Å². The Kier molecular flexibility index (Phi) is 4.57. The van der Waals surface area contributed by atoms with Gasteiger partial charge in [0.25, 0.3) is 0 Å². The highest BCUT2D eigenvalue weighted by atomic mass is 32.2. The molecule has 1 fully saturated rings. The maximum Gasteiger partial charge on any atom is 0.243 e. The molecule has 0 aliphatic carbocycles. The molecule has 1 aliphatic rings. The fourth-order valence-corrected chi connectivity index (χ4v) is 4.06. The monoisotopic (exact) mass is 352 g/mol. The van der Waals surface area contributed by atoms with Crippen LogP contribution in [0.3, 0.4) is 0 Å². The fraction of sp³-hybridized carbons (Fsp3) is 0.467. The molecule has 9 heteroatoms. The van der Waals surface area contributed by atoms with Gasteiger partial charge in [0.1, 0.15) is 5.75 Å². The Hall–Kier alpha value is -1.97. The van der Waals surface area contributed by atoms with Gasteiger partial charge < -0.3 is 14.2 Å². The van der Waals surface area contributed by atoms with Crippen molar-refractivity contribution < 1.29 is 17.7 Å². The summed E-state index contributed by atoms with van der Waals surface area (Å²) in [5, 5.41) is 3.86. The average Bonchev–Trinajstić information content (AvgIpc) is 3.01. The van der Waals surface area contributed by atoms with Gasteiger partial charge in [0, 0.05) is 33.1 Å². The molecule has 0 radical (unpaired) electrons. The van der Waals surface area contributed by atoms with Crippen molar-refractivity contribution in [3.63, 3.8) is 0 Å². The summed E-state index contributed by atoms with van der Waals surface area (Å²) >= 11 is 0. The summed E-state index contributed by atoms with van der Waals surface area (Å²) in [5.41, 5.74) is 0.490. The highest BCUT2D eigenvalue weighted by molar-refractivity contribution is 7.89. The Morgan fingerprint density at radius 2 is 1.92 bits per heavy atom. The Morgan fingerprint density at radius 3 is 2.50 bits per heavy atom. The van der Waals surface area contributed by atoms with Crippen LogP contribution in [0.2, 0.25) is 0 Å². The number of benzene rings is 1. The number of likely N-dealkylation sites (N-methyl/N-ethyl adjacent to an activating group) is 1. The number of aromatic nitrogens is 2. The Morgan fingerprint density at radius 1 is 1.21 bits per heavy atom. The third kappa shape index (κ3) is 3.14. The van der Waals surface area contributed by atoms with Crippen LogP contribution < -0.4 is 4.74 Å². The van der Waals surface area contributed by atoms with Gasteiger partial charge in [-0.05, 0) is 25.2 Å². The fourth-order valence-electron chi connectivity index (χ4n) is 2.61. The first kappa shape index (κ1) is 16.9. The molecule has 8 nitrogen and oxygen atoms in total. The first-order valence-corrected chi connectivity index (χ1v) is 9.03. The predicted octanol–water partition coefficient (Wildman–Crippen LogP) is 0.990. The van der Waals surface area contributed by atoms with Crippen LogP contribution >= 0.6 is 0 Å². The van der Waals surface area contributed by atoms with Gasteiger partial charge >= 0.3 is 0 Å². The molecular formula is C15H20N4O4S. The van der Waals surface area contributed by atoms with Crippen molar-refractivity contribution >= 4 is 10.0 Å². The number of methoxy groups -OCH3 is 1. The zero-order chi connectivity index (χ0) is 17.3. The number of hydrogen-bond donors (Lipinski definition) is 0. The summed E-state index contributed by atoms with van der Waals surface area (Å²) in [5.74, 6) is 1.20. The number of hydrogen-bond acceptors (Lipinski definition) is 7. The Labute approximate surface area is 141 Å². The molecule has 1 aliphatic heterocycles. The molecule has 0 N–H and O–H groups in total. The molecule has 3 rings (SSSR count). The third-order valence-corrected chi connectivity index (χ3v) is 5.93. The van der Waals surface area contributed by atoms with Gasteiger partial charge in [-0.15, -0.1) is 0 Å². The number of aryl methyl sites for hydroxylation is 1. The van der Waals surface area contributed by atoms with E-state index >= 15 is 0 Å². The summed E-state index contributed by atoms with van der Waals surface area (Å²) < 4.78 is 37.6. The van der Waals surface area contributed by atoms with E-state index in [1.807, 2.05) is 7.05 Å². The van der Waals surface area contributed by atoms with Crippen LogP contribution in [-0.4, -0.2) is 68.1 Å². The number of rotatable bonds is 4. The maximum absolute atomic E-state index is 12.9. The standard InChI is InChI=1S/C15H20N4O4S/c1-11-16-15(17-23-11)13-10-12(4-5-14(13)22-3)24(20,21)19-8-6-18(2)7-9-19/h4-5,10H,6-9H2,1-3H3. The van der Waals surface area contributed by atoms with Gasteiger partial charge in [-0.1, -0.05) is 5.16 Å². The first-order chi connectivity index (χ1) is 11.4. The van der Waals surface area contributed by atoms with E-state index in [4.69, 9.17) is 9.26 Å². The molecule has 0 spiro atoms. The molecule has 0 atom stereocenters. The van der Waals surface area contributed by atoms with Crippen LogP contribution in [0.4, 0.5) is 0 Å². The number of ether oxygens (including phenoxy) is 1. The van der Waals surface area contributed by atoms with E-state index in [0.717, 1.165) is 0 Å². The minimum Gasteiger partial charge on any atom is -0.496 e. The van der Waals surface area contributed by atoms with E-state index in [9.17, 15) is 8.42 Å². The maximum atomic E-state index is 12.9. The second-order valence-electron chi connectivity index (χ2n) is 5.71.